The first kappa shape index (κ1) is 17.8. The van der Waals surface area contributed by atoms with Crippen molar-refractivity contribution in [2.45, 2.75) is 0 Å². The van der Waals surface area contributed by atoms with Crippen LogP contribution in [0.25, 0.3) is 16.3 Å². The minimum absolute atomic E-state index is 0.147. The highest BCUT2D eigenvalue weighted by Crippen LogP contribution is 2.37. The largest absolute Gasteiger partial charge is 0.330 e. The lowest BCUT2D eigenvalue weighted by Crippen LogP contribution is -1.96. The third kappa shape index (κ3) is 3.64. The number of benzene rings is 2. The molecule has 0 radical (unpaired) electrons. The third-order valence-electron chi connectivity index (χ3n) is 3.60. The zero-order chi connectivity index (χ0) is 19.0. The SMILES string of the molecule is Fc1ccc(-c2nc(Nc3ccc(Cl)cc3Cl)sc2-n2cncn2)c(F)c1. The molecule has 0 fully saturated rings. The van der Waals surface area contributed by atoms with Gasteiger partial charge in [-0.2, -0.15) is 5.10 Å². The molecular formula is C17H9Cl2F2N5S. The fraction of sp³-hybridized carbons (Fsp3) is 0. The number of aromatic nitrogens is 4. The van der Waals surface area contributed by atoms with Gasteiger partial charge >= 0.3 is 0 Å². The van der Waals surface area contributed by atoms with E-state index in [1.807, 2.05) is 0 Å². The Labute approximate surface area is 166 Å². The molecule has 0 aliphatic carbocycles. The molecule has 0 unspecified atom stereocenters. The summed E-state index contributed by atoms with van der Waals surface area (Å²) in [6.07, 6.45) is 2.82. The number of anilines is 2. The maximum absolute atomic E-state index is 14.3. The highest BCUT2D eigenvalue weighted by atomic mass is 35.5. The molecule has 0 aliphatic heterocycles. The fourth-order valence-electron chi connectivity index (χ4n) is 2.40. The molecule has 0 bridgehead atoms. The van der Waals surface area contributed by atoms with E-state index in [1.165, 1.54) is 40.8 Å². The molecule has 4 aromatic rings. The summed E-state index contributed by atoms with van der Waals surface area (Å²) < 4.78 is 29.1. The molecular weight excluding hydrogens is 415 g/mol. The lowest BCUT2D eigenvalue weighted by molar-refractivity contribution is 0.585. The molecule has 0 atom stereocenters. The Morgan fingerprint density at radius 1 is 1.07 bits per heavy atom. The lowest BCUT2D eigenvalue weighted by Gasteiger charge is -2.05. The Morgan fingerprint density at radius 3 is 2.63 bits per heavy atom. The zero-order valence-corrected chi connectivity index (χ0v) is 15.7. The number of thiazole rings is 1. The van der Waals surface area contributed by atoms with Crippen molar-refractivity contribution in [2.24, 2.45) is 0 Å². The second-order valence-electron chi connectivity index (χ2n) is 5.39. The fourth-order valence-corrected chi connectivity index (χ4v) is 3.77. The van der Waals surface area contributed by atoms with E-state index in [0.717, 1.165) is 6.07 Å². The van der Waals surface area contributed by atoms with Gasteiger partial charge < -0.3 is 5.32 Å². The zero-order valence-electron chi connectivity index (χ0n) is 13.3. The monoisotopic (exact) mass is 423 g/mol. The van der Waals surface area contributed by atoms with Crippen molar-refractivity contribution in [1.82, 2.24) is 19.7 Å². The molecule has 0 amide bonds. The Kier molecular flexibility index (Phi) is 4.77. The smallest absolute Gasteiger partial charge is 0.189 e. The number of nitrogens with one attached hydrogen (secondary N) is 1. The second kappa shape index (κ2) is 7.22. The molecule has 2 heterocycles. The molecule has 1 N–H and O–H groups in total. The quantitative estimate of drug-likeness (QED) is 0.455. The van der Waals surface area contributed by atoms with Gasteiger partial charge in [0.05, 0.1) is 10.7 Å². The molecule has 0 aliphatic rings. The van der Waals surface area contributed by atoms with Crippen LogP contribution in [0.4, 0.5) is 19.6 Å². The van der Waals surface area contributed by atoms with Crippen LogP contribution < -0.4 is 5.32 Å². The lowest BCUT2D eigenvalue weighted by atomic mass is 10.1. The van der Waals surface area contributed by atoms with Crippen LogP contribution in [-0.2, 0) is 0 Å². The summed E-state index contributed by atoms with van der Waals surface area (Å²) >= 11 is 13.3. The number of hydrogen-bond donors (Lipinski definition) is 1. The van der Waals surface area contributed by atoms with E-state index in [2.05, 4.69) is 20.4 Å². The van der Waals surface area contributed by atoms with Crippen LogP contribution in [0, 0.1) is 11.6 Å². The van der Waals surface area contributed by atoms with E-state index in [0.29, 0.717) is 31.6 Å². The number of nitrogens with zero attached hydrogens (tertiary/aromatic N) is 4. The molecule has 5 nitrogen and oxygen atoms in total. The molecule has 10 heteroatoms. The Balaban J connectivity index is 1.80. The van der Waals surface area contributed by atoms with Crippen LogP contribution in [0.1, 0.15) is 0 Å². The first-order chi connectivity index (χ1) is 13.0. The highest BCUT2D eigenvalue weighted by molar-refractivity contribution is 7.18. The predicted molar refractivity (Wildman–Crippen MR) is 102 cm³/mol. The number of halogens is 4. The van der Waals surface area contributed by atoms with Crippen LogP contribution >= 0.6 is 34.5 Å². The van der Waals surface area contributed by atoms with Gasteiger partial charge in [-0.25, -0.2) is 23.4 Å². The average molecular weight is 424 g/mol. The topological polar surface area (TPSA) is 55.6 Å². The van der Waals surface area contributed by atoms with Crippen molar-refractivity contribution >= 4 is 45.4 Å². The maximum Gasteiger partial charge on any atom is 0.189 e. The van der Waals surface area contributed by atoms with Crippen molar-refractivity contribution in [3.05, 3.63) is 70.7 Å². The summed E-state index contributed by atoms with van der Waals surface area (Å²) in [5.74, 6) is -1.39. The Morgan fingerprint density at radius 2 is 1.93 bits per heavy atom. The standard InChI is InChI=1S/C17H9Cl2F2N5S/c18-9-1-4-14(12(19)5-9)24-17-25-15(11-3-2-10(20)6-13(11)21)16(27-17)26-8-22-7-23-26/h1-8H,(H,24,25). The van der Waals surface area contributed by atoms with Crippen LogP contribution in [-0.4, -0.2) is 19.7 Å². The molecule has 136 valence electrons. The van der Waals surface area contributed by atoms with Gasteiger partial charge in [-0.15, -0.1) is 0 Å². The van der Waals surface area contributed by atoms with E-state index in [4.69, 9.17) is 23.2 Å². The molecule has 2 aromatic carbocycles. The molecule has 4 rings (SSSR count). The van der Waals surface area contributed by atoms with Gasteiger partial charge in [0, 0.05) is 16.7 Å². The van der Waals surface area contributed by atoms with Gasteiger partial charge in [-0.3, -0.25) is 0 Å². The van der Waals surface area contributed by atoms with Gasteiger partial charge in [-0.05, 0) is 30.3 Å². The van der Waals surface area contributed by atoms with E-state index in [-0.39, 0.29) is 5.56 Å². The summed E-state index contributed by atoms with van der Waals surface area (Å²) in [7, 11) is 0. The van der Waals surface area contributed by atoms with Crippen LogP contribution in [0.3, 0.4) is 0 Å². The number of hydrogen-bond acceptors (Lipinski definition) is 5. The molecule has 27 heavy (non-hydrogen) atoms. The summed E-state index contributed by atoms with van der Waals surface area (Å²) in [6.45, 7) is 0. The highest BCUT2D eigenvalue weighted by Gasteiger charge is 2.19. The molecule has 0 saturated heterocycles. The normalized spacial score (nSPS) is 11.0. The van der Waals surface area contributed by atoms with Gasteiger partial charge in [-0.1, -0.05) is 34.5 Å². The first-order valence-electron chi connectivity index (χ1n) is 7.54. The van der Waals surface area contributed by atoms with E-state index >= 15 is 0 Å². The van der Waals surface area contributed by atoms with Gasteiger partial charge in [0.15, 0.2) is 5.13 Å². The summed E-state index contributed by atoms with van der Waals surface area (Å²) in [4.78, 5) is 8.36. The molecule has 2 aromatic heterocycles. The average Bonchev–Trinajstić information content (AvgIpc) is 3.27. The minimum atomic E-state index is -0.724. The summed E-state index contributed by atoms with van der Waals surface area (Å²) in [6, 6.07) is 8.30. The summed E-state index contributed by atoms with van der Waals surface area (Å²) in [5, 5.41) is 9.04. The van der Waals surface area contributed by atoms with Crippen molar-refractivity contribution in [3.63, 3.8) is 0 Å². The first-order valence-corrected chi connectivity index (χ1v) is 9.12. The summed E-state index contributed by atoms with van der Waals surface area (Å²) in [5.41, 5.74) is 1.04. The predicted octanol–water partition coefficient (Wildman–Crippen LogP) is 5.72. The van der Waals surface area contributed by atoms with E-state index in [1.54, 1.807) is 18.2 Å². The van der Waals surface area contributed by atoms with Crippen molar-refractivity contribution in [3.8, 4) is 16.3 Å². The Hall–Kier alpha value is -2.55. The third-order valence-corrected chi connectivity index (χ3v) is 5.10. The minimum Gasteiger partial charge on any atom is -0.330 e. The second-order valence-corrected chi connectivity index (χ2v) is 7.21. The van der Waals surface area contributed by atoms with Crippen molar-refractivity contribution < 1.29 is 8.78 Å². The van der Waals surface area contributed by atoms with Gasteiger partial charge in [0.25, 0.3) is 0 Å². The Bertz CT molecular complexity index is 1110. The van der Waals surface area contributed by atoms with Gasteiger partial charge in [0.2, 0.25) is 0 Å². The van der Waals surface area contributed by atoms with E-state index in [9.17, 15) is 8.78 Å². The van der Waals surface area contributed by atoms with Crippen molar-refractivity contribution in [1.29, 1.82) is 0 Å². The van der Waals surface area contributed by atoms with Crippen LogP contribution in [0.2, 0.25) is 10.0 Å². The van der Waals surface area contributed by atoms with Crippen LogP contribution in [0.15, 0.2) is 49.1 Å². The van der Waals surface area contributed by atoms with Crippen LogP contribution in [0.5, 0.6) is 0 Å². The molecule has 0 saturated carbocycles. The van der Waals surface area contributed by atoms with E-state index < -0.39 is 11.6 Å². The maximum atomic E-state index is 14.3. The molecule has 0 spiro atoms. The van der Waals surface area contributed by atoms with Crippen molar-refractivity contribution in [2.75, 3.05) is 5.32 Å². The van der Waals surface area contributed by atoms with Gasteiger partial charge in [0.1, 0.15) is 35.0 Å². The number of rotatable bonds is 4.